The Morgan fingerprint density at radius 3 is 2.81 bits per heavy atom. The summed E-state index contributed by atoms with van der Waals surface area (Å²) in [4.78, 5) is 28.8. The van der Waals surface area contributed by atoms with Crippen LogP contribution in [0.15, 0.2) is 12.4 Å². The van der Waals surface area contributed by atoms with Crippen LogP contribution in [0.5, 0.6) is 0 Å². The standard InChI is InChI=1S/C17H24N6O3/c1-3-6-23(22-11(2)24)17(25)14-9-18-16-13(10-19-21-16)15(14)20-12-4-7-26-8-5-12/h9-10,12H,3-8H2,1-2H3,(H,22,24)(H2,18,19,20,21). The molecule has 2 amide bonds. The normalized spacial score (nSPS) is 15.0. The number of ether oxygens (including phenoxy) is 1. The van der Waals surface area contributed by atoms with Crippen LogP contribution in [0.4, 0.5) is 5.69 Å². The van der Waals surface area contributed by atoms with Crippen LogP contribution in [0.2, 0.25) is 0 Å². The fourth-order valence-electron chi connectivity index (χ4n) is 3.03. The maximum atomic E-state index is 13.1. The van der Waals surface area contributed by atoms with Crippen LogP contribution in [0.1, 0.15) is 43.5 Å². The van der Waals surface area contributed by atoms with Crippen molar-refractivity contribution in [3.63, 3.8) is 0 Å². The van der Waals surface area contributed by atoms with E-state index in [1.807, 2.05) is 6.92 Å². The fourth-order valence-corrected chi connectivity index (χ4v) is 3.03. The number of pyridine rings is 1. The van der Waals surface area contributed by atoms with Gasteiger partial charge in [-0.15, -0.1) is 0 Å². The number of nitrogens with zero attached hydrogens (tertiary/aromatic N) is 3. The van der Waals surface area contributed by atoms with Crippen LogP contribution >= 0.6 is 0 Å². The maximum absolute atomic E-state index is 13.1. The zero-order valence-corrected chi connectivity index (χ0v) is 15.0. The van der Waals surface area contributed by atoms with E-state index in [-0.39, 0.29) is 17.9 Å². The Hall–Kier alpha value is -2.68. The molecule has 0 aromatic carbocycles. The number of hydrogen-bond acceptors (Lipinski definition) is 6. The molecule has 1 fully saturated rings. The summed E-state index contributed by atoms with van der Waals surface area (Å²) in [7, 11) is 0. The van der Waals surface area contributed by atoms with Crippen LogP contribution in [-0.4, -0.2) is 57.8 Å². The van der Waals surface area contributed by atoms with Gasteiger partial charge in [-0.1, -0.05) is 6.92 Å². The molecule has 0 aliphatic carbocycles. The van der Waals surface area contributed by atoms with Crippen molar-refractivity contribution in [2.45, 2.75) is 39.2 Å². The van der Waals surface area contributed by atoms with Gasteiger partial charge in [0.1, 0.15) is 0 Å². The number of aromatic nitrogens is 3. The van der Waals surface area contributed by atoms with E-state index in [1.165, 1.54) is 18.1 Å². The van der Waals surface area contributed by atoms with Crippen molar-refractivity contribution in [3.8, 4) is 0 Å². The average Bonchev–Trinajstić information content (AvgIpc) is 3.11. The highest BCUT2D eigenvalue weighted by Crippen LogP contribution is 2.28. The summed E-state index contributed by atoms with van der Waals surface area (Å²) in [5, 5.41) is 12.4. The lowest BCUT2D eigenvalue weighted by molar-refractivity contribution is -0.122. The van der Waals surface area contributed by atoms with E-state index in [1.54, 1.807) is 6.20 Å². The number of rotatable bonds is 5. The monoisotopic (exact) mass is 360 g/mol. The van der Waals surface area contributed by atoms with Crippen molar-refractivity contribution in [3.05, 3.63) is 18.0 Å². The van der Waals surface area contributed by atoms with E-state index < -0.39 is 0 Å². The minimum Gasteiger partial charge on any atom is -0.381 e. The highest BCUT2D eigenvalue weighted by molar-refractivity contribution is 6.06. The molecule has 0 spiro atoms. The zero-order chi connectivity index (χ0) is 18.5. The Kier molecular flexibility index (Phi) is 5.67. The molecule has 9 nitrogen and oxygen atoms in total. The molecular weight excluding hydrogens is 336 g/mol. The molecule has 3 heterocycles. The van der Waals surface area contributed by atoms with E-state index in [4.69, 9.17) is 4.74 Å². The summed E-state index contributed by atoms with van der Waals surface area (Å²) in [6, 6.07) is 0.205. The SMILES string of the molecule is CCCN(NC(C)=O)C(=O)c1cnc2[nH]ncc2c1NC1CCOCC1. The second-order valence-corrected chi connectivity index (χ2v) is 6.33. The van der Waals surface area contributed by atoms with Gasteiger partial charge >= 0.3 is 0 Å². The molecule has 2 aromatic rings. The molecule has 140 valence electrons. The molecule has 1 aliphatic rings. The first-order valence-corrected chi connectivity index (χ1v) is 8.85. The van der Waals surface area contributed by atoms with E-state index in [0.29, 0.717) is 36.7 Å². The lowest BCUT2D eigenvalue weighted by atomic mass is 10.1. The van der Waals surface area contributed by atoms with Gasteiger partial charge in [0.2, 0.25) is 5.91 Å². The molecule has 1 aliphatic heterocycles. The first-order valence-electron chi connectivity index (χ1n) is 8.85. The van der Waals surface area contributed by atoms with Crippen LogP contribution in [0.25, 0.3) is 11.0 Å². The Labute approximate surface area is 151 Å². The van der Waals surface area contributed by atoms with Crippen molar-refractivity contribution in [1.29, 1.82) is 0 Å². The number of hydrazine groups is 1. The van der Waals surface area contributed by atoms with Crippen LogP contribution < -0.4 is 10.7 Å². The minimum atomic E-state index is -0.299. The molecule has 0 bridgehead atoms. The largest absolute Gasteiger partial charge is 0.381 e. The number of carbonyl (C=O) groups is 2. The predicted octanol–water partition coefficient (Wildman–Crippen LogP) is 1.45. The Morgan fingerprint density at radius 1 is 1.35 bits per heavy atom. The van der Waals surface area contributed by atoms with Crippen molar-refractivity contribution in [2.75, 3.05) is 25.1 Å². The van der Waals surface area contributed by atoms with E-state index in [2.05, 4.69) is 25.9 Å². The zero-order valence-electron chi connectivity index (χ0n) is 15.0. The van der Waals surface area contributed by atoms with Gasteiger partial charge in [-0.05, 0) is 19.3 Å². The molecule has 0 atom stereocenters. The molecular formula is C17H24N6O3. The van der Waals surface area contributed by atoms with Crippen LogP contribution in [-0.2, 0) is 9.53 Å². The summed E-state index contributed by atoms with van der Waals surface area (Å²) in [5.74, 6) is -0.588. The quantitative estimate of drug-likeness (QED) is 0.696. The number of H-pyrrole nitrogens is 1. The van der Waals surface area contributed by atoms with Crippen LogP contribution in [0.3, 0.4) is 0 Å². The van der Waals surface area contributed by atoms with Crippen molar-refractivity contribution >= 4 is 28.5 Å². The smallest absolute Gasteiger partial charge is 0.275 e. The van der Waals surface area contributed by atoms with Crippen molar-refractivity contribution in [2.24, 2.45) is 0 Å². The van der Waals surface area contributed by atoms with Gasteiger partial charge in [0.25, 0.3) is 5.91 Å². The topological polar surface area (TPSA) is 112 Å². The van der Waals surface area contributed by atoms with E-state index in [0.717, 1.165) is 24.6 Å². The summed E-state index contributed by atoms with van der Waals surface area (Å²) in [6.45, 7) is 5.12. The number of nitrogens with one attached hydrogen (secondary N) is 3. The highest BCUT2D eigenvalue weighted by Gasteiger charge is 2.24. The molecule has 0 unspecified atom stereocenters. The van der Waals surface area contributed by atoms with E-state index >= 15 is 0 Å². The number of anilines is 1. The lowest BCUT2D eigenvalue weighted by Crippen LogP contribution is -2.46. The first-order chi connectivity index (χ1) is 12.6. The first kappa shape index (κ1) is 18.1. The van der Waals surface area contributed by atoms with Crippen molar-refractivity contribution in [1.82, 2.24) is 25.6 Å². The van der Waals surface area contributed by atoms with Gasteiger partial charge in [0, 0.05) is 38.9 Å². The van der Waals surface area contributed by atoms with Gasteiger partial charge in [0.15, 0.2) is 5.65 Å². The summed E-state index contributed by atoms with van der Waals surface area (Å²) in [5.41, 5.74) is 4.30. The number of carbonyl (C=O) groups excluding carboxylic acids is 2. The third-order valence-corrected chi connectivity index (χ3v) is 4.27. The summed E-state index contributed by atoms with van der Waals surface area (Å²) >= 11 is 0. The average molecular weight is 360 g/mol. The number of amides is 2. The minimum absolute atomic E-state index is 0.205. The fraction of sp³-hybridized carbons (Fsp3) is 0.529. The second-order valence-electron chi connectivity index (χ2n) is 6.33. The number of hydrogen-bond donors (Lipinski definition) is 3. The summed E-state index contributed by atoms with van der Waals surface area (Å²) < 4.78 is 5.41. The highest BCUT2D eigenvalue weighted by atomic mass is 16.5. The number of fused-ring (bicyclic) bond motifs is 1. The Balaban J connectivity index is 1.96. The van der Waals surface area contributed by atoms with Crippen LogP contribution in [0, 0.1) is 0 Å². The second kappa shape index (κ2) is 8.13. The van der Waals surface area contributed by atoms with Crippen molar-refractivity contribution < 1.29 is 14.3 Å². The summed E-state index contributed by atoms with van der Waals surface area (Å²) in [6.07, 6.45) is 5.62. The molecule has 1 saturated heterocycles. The molecule has 0 saturated carbocycles. The van der Waals surface area contributed by atoms with Gasteiger partial charge in [-0.3, -0.25) is 20.1 Å². The Morgan fingerprint density at radius 2 is 2.12 bits per heavy atom. The van der Waals surface area contributed by atoms with Gasteiger partial charge < -0.3 is 10.1 Å². The third-order valence-electron chi connectivity index (χ3n) is 4.27. The molecule has 0 radical (unpaired) electrons. The Bertz CT molecular complexity index is 784. The molecule has 3 N–H and O–H groups in total. The van der Waals surface area contributed by atoms with E-state index in [9.17, 15) is 9.59 Å². The van der Waals surface area contributed by atoms with Gasteiger partial charge in [-0.25, -0.2) is 9.99 Å². The molecule has 3 rings (SSSR count). The molecule has 9 heteroatoms. The predicted molar refractivity (Wildman–Crippen MR) is 96.5 cm³/mol. The molecule has 26 heavy (non-hydrogen) atoms. The van der Waals surface area contributed by atoms with Gasteiger partial charge in [0.05, 0.1) is 22.8 Å². The maximum Gasteiger partial charge on any atom is 0.275 e. The third kappa shape index (κ3) is 3.93. The molecule has 2 aromatic heterocycles. The number of aromatic amines is 1. The lowest BCUT2D eigenvalue weighted by Gasteiger charge is -2.27. The van der Waals surface area contributed by atoms with Gasteiger partial charge in [-0.2, -0.15) is 5.10 Å².